The molecule has 0 atom stereocenters. The summed E-state index contributed by atoms with van der Waals surface area (Å²) in [5.41, 5.74) is 0. The first-order chi connectivity index (χ1) is 8.68. The summed E-state index contributed by atoms with van der Waals surface area (Å²) >= 11 is 5.82. The van der Waals surface area contributed by atoms with Crippen LogP contribution < -0.4 is 10.1 Å². The van der Waals surface area contributed by atoms with Crippen LogP contribution in [0.25, 0.3) is 0 Å². The van der Waals surface area contributed by atoms with E-state index in [1.165, 1.54) is 19.3 Å². The summed E-state index contributed by atoms with van der Waals surface area (Å²) in [6.07, 6.45) is 8.06. The SMILES string of the molecule is CC(C)NCCCCCCOc1cncc(Cl)c1. The molecule has 1 N–H and O–H groups in total. The molecule has 0 bridgehead atoms. The number of aromatic nitrogens is 1. The monoisotopic (exact) mass is 270 g/mol. The first kappa shape index (κ1) is 15.3. The number of hydrogen-bond acceptors (Lipinski definition) is 3. The van der Waals surface area contributed by atoms with Crippen LogP contribution in [0.5, 0.6) is 5.75 Å². The Morgan fingerprint density at radius 3 is 2.72 bits per heavy atom. The van der Waals surface area contributed by atoms with Crippen LogP contribution in [0, 0.1) is 0 Å². The maximum atomic E-state index is 5.82. The second kappa shape index (κ2) is 9.17. The Morgan fingerprint density at radius 1 is 1.22 bits per heavy atom. The highest BCUT2D eigenvalue weighted by Crippen LogP contribution is 2.15. The third-order valence-corrected chi connectivity index (χ3v) is 2.78. The Bertz CT molecular complexity index is 331. The van der Waals surface area contributed by atoms with Crippen LogP contribution in [0.4, 0.5) is 0 Å². The molecule has 0 aromatic carbocycles. The van der Waals surface area contributed by atoms with Gasteiger partial charge in [-0.2, -0.15) is 0 Å². The van der Waals surface area contributed by atoms with Gasteiger partial charge in [0.1, 0.15) is 5.75 Å². The molecular formula is C14H23ClN2O. The molecule has 1 aromatic rings. The van der Waals surface area contributed by atoms with Crippen molar-refractivity contribution in [3.8, 4) is 5.75 Å². The summed E-state index contributed by atoms with van der Waals surface area (Å²) in [5.74, 6) is 0.754. The van der Waals surface area contributed by atoms with Gasteiger partial charge >= 0.3 is 0 Å². The highest BCUT2D eigenvalue weighted by atomic mass is 35.5. The summed E-state index contributed by atoms with van der Waals surface area (Å²) in [6.45, 7) is 6.19. The van der Waals surface area contributed by atoms with Crippen molar-refractivity contribution >= 4 is 11.6 Å². The van der Waals surface area contributed by atoms with Crippen LogP contribution in [0.15, 0.2) is 18.5 Å². The number of unbranched alkanes of at least 4 members (excludes halogenated alkanes) is 3. The zero-order chi connectivity index (χ0) is 13.2. The fourth-order valence-corrected chi connectivity index (χ4v) is 1.80. The molecule has 1 heterocycles. The average molecular weight is 271 g/mol. The Morgan fingerprint density at radius 2 is 2.00 bits per heavy atom. The van der Waals surface area contributed by atoms with Gasteiger partial charge in [0.2, 0.25) is 0 Å². The largest absolute Gasteiger partial charge is 0.492 e. The standard InChI is InChI=1S/C14H23ClN2O/c1-12(2)17-7-5-3-4-6-8-18-14-9-13(15)10-16-11-14/h9-12,17H,3-8H2,1-2H3. The third kappa shape index (κ3) is 7.51. The summed E-state index contributed by atoms with van der Waals surface area (Å²) in [5, 5.41) is 4.03. The number of nitrogens with zero attached hydrogens (tertiary/aromatic N) is 1. The van der Waals surface area contributed by atoms with E-state index in [9.17, 15) is 0 Å². The first-order valence-corrected chi connectivity index (χ1v) is 7.03. The van der Waals surface area contributed by atoms with Crippen molar-refractivity contribution < 1.29 is 4.74 Å². The van der Waals surface area contributed by atoms with Crippen molar-refractivity contribution in [2.75, 3.05) is 13.2 Å². The first-order valence-electron chi connectivity index (χ1n) is 6.65. The van der Waals surface area contributed by atoms with E-state index < -0.39 is 0 Å². The smallest absolute Gasteiger partial charge is 0.139 e. The van der Waals surface area contributed by atoms with Crippen molar-refractivity contribution in [2.45, 2.75) is 45.6 Å². The van der Waals surface area contributed by atoms with Crippen LogP contribution >= 0.6 is 11.6 Å². The van der Waals surface area contributed by atoms with Crippen LogP contribution in [0.1, 0.15) is 39.5 Å². The van der Waals surface area contributed by atoms with E-state index in [0.29, 0.717) is 11.1 Å². The number of rotatable bonds is 9. The van der Waals surface area contributed by atoms with E-state index in [4.69, 9.17) is 16.3 Å². The highest BCUT2D eigenvalue weighted by molar-refractivity contribution is 6.30. The van der Waals surface area contributed by atoms with Gasteiger partial charge < -0.3 is 10.1 Å². The molecule has 0 fully saturated rings. The molecule has 0 spiro atoms. The maximum Gasteiger partial charge on any atom is 0.139 e. The quantitative estimate of drug-likeness (QED) is 0.695. The van der Waals surface area contributed by atoms with Crippen LogP contribution in [-0.2, 0) is 0 Å². The number of pyridine rings is 1. The zero-order valence-corrected chi connectivity index (χ0v) is 12.0. The predicted octanol–water partition coefficient (Wildman–Crippen LogP) is 3.67. The minimum Gasteiger partial charge on any atom is -0.492 e. The molecule has 1 rings (SSSR count). The molecule has 0 unspecified atom stereocenters. The van der Waals surface area contributed by atoms with Crippen molar-refractivity contribution in [3.63, 3.8) is 0 Å². The predicted molar refractivity (Wildman–Crippen MR) is 76.3 cm³/mol. The fraction of sp³-hybridized carbons (Fsp3) is 0.643. The van der Waals surface area contributed by atoms with Crippen molar-refractivity contribution in [2.24, 2.45) is 0 Å². The van der Waals surface area contributed by atoms with Gasteiger partial charge in [0.05, 0.1) is 17.8 Å². The lowest BCUT2D eigenvalue weighted by Gasteiger charge is -2.08. The van der Waals surface area contributed by atoms with Gasteiger partial charge in [-0.05, 0) is 19.4 Å². The lowest BCUT2D eigenvalue weighted by Crippen LogP contribution is -2.23. The lowest BCUT2D eigenvalue weighted by molar-refractivity contribution is 0.303. The van der Waals surface area contributed by atoms with Crippen LogP contribution in [-0.4, -0.2) is 24.2 Å². The Kier molecular flexibility index (Phi) is 7.78. The van der Waals surface area contributed by atoms with Crippen molar-refractivity contribution in [3.05, 3.63) is 23.5 Å². The van der Waals surface area contributed by atoms with Gasteiger partial charge in [0, 0.05) is 18.3 Å². The van der Waals surface area contributed by atoms with Gasteiger partial charge in [0.25, 0.3) is 0 Å². The lowest BCUT2D eigenvalue weighted by atomic mass is 10.2. The third-order valence-electron chi connectivity index (χ3n) is 2.57. The van der Waals surface area contributed by atoms with Crippen molar-refractivity contribution in [1.82, 2.24) is 10.3 Å². The highest BCUT2D eigenvalue weighted by Gasteiger charge is 1.96. The number of halogens is 1. The van der Waals surface area contributed by atoms with E-state index in [0.717, 1.165) is 25.3 Å². The molecule has 102 valence electrons. The van der Waals surface area contributed by atoms with Crippen LogP contribution in [0.3, 0.4) is 0 Å². The number of hydrogen-bond donors (Lipinski definition) is 1. The van der Waals surface area contributed by atoms with Gasteiger partial charge in [-0.25, -0.2) is 0 Å². The Balaban J connectivity index is 1.96. The number of ether oxygens (including phenoxy) is 1. The van der Waals surface area contributed by atoms with Gasteiger partial charge in [0.15, 0.2) is 0 Å². The molecule has 0 aliphatic rings. The van der Waals surface area contributed by atoms with Gasteiger partial charge in [-0.15, -0.1) is 0 Å². The maximum absolute atomic E-state index is 5.82. The molecule has 0 amide bonds. The minimum absolute atomic E-state index is 0.587. The van der Waals surface area contributed by atoms with E-state index in [2.05, 4.69) is 24.1 Å². The Labute approximate surface area is 115 Å². The molecule has 0 saturated heterocycles. The topological polar surface area (TPSA) is 34.1 Å². The number of nitrogens with one attached hydrogen (secondary N) is 1. The molecule has 0 aliphatic carbocycles. The van der Waals surface area contributed by atoms with Gasteiger partial charge in [-0.1, -0.05) is 38.3 Å². The summed E-state index contributed by atoms with van der Waals surface area (Å²) in [4.78, 5) is 3.97. The van der Waals surface area contributed by atoms with Crippen molar-refractivity contribution in [1.29, 1.82) is 0 Å². The minimum atomic E-state index is 0.587. The summed E-state index contributed by atoms with van der Waals surface area (Å²) in [7, 11) is 0. The summed E-state index contributed by atoms with van der Waals surface area (Å²) in [6, 6.07) is 2.38. The zero-order valence-electron chi connectivity index (χ0n) is 11.3. The van der Waals surface area contributed by atoms with E-state index in [1.54, 1.807) is 18.5 Å². The van der Waals surface area contributed by atoms with E-state index in [-0.39, 0.29) is 0 Å². The molecule has 0 radical (unpaired) electrons. The molecule has 4 heteroatoms. The molecule has 0 saturated carbocycles. The fourth-order valence-electron chi connectivity index (χ4n) is 1.63. The van der Waals surface area contributed by atoms with E-state index >= 15 is 0 Å². The van der Waals surface area contributed by atoms with Crippen LogP contribution in [0.2, 0.25) is 5.02 Å². The molecule has 1 aromatic heterocycles. The van der Waals surface area contributed by atoms with E-state index in [1.807, 2.05) is 0 Å². The average Bonchev–Trinajstić information content (AvgIpc) is 2.32. The molecule has 18 heavy (non-hydrogen) atoms. The summed E-state index contributed by atoms with van der Waals surface area (Å²) < 4.78 is 5.57. The Hall–Kier alpha value is -0.800. The molecule has 3 nitrogen and oxygen atoms in total. The second-order valence-corrected chi connectivity index (χ2v) is 5.15. The second-order valence-electron chi connectivity index (χ2n) is 4.71. The normalized spacial score (nSPS) is 10.9. The van der Waals surface area contributed by atoms with Gasteiger partial charge in [-0.3, -0.25) is 4.98 Å². The molecular weight excluding hydrogens is 248 g/mol. The molecule has 0 aliphatic heterocycles.